The third-order valence-electron chi connectivity index (χ3n) is 4.13. The lowest BCUT2D eigenvalue weighted by atomic mass is 10.2. The quantitative estimate of drug-likeness (QED) is 0.659. The lowest BCUT2D eigenvalue weighted by molar-refractivity contribution is -0.118. The monoisotopic (exact) mass is 349 g/mol. The second-order valence-corrected chi connectivity index (χ2v) is 6.25. The summed E-state index contributed by atoms with van der Waals surface area (Å²) in [6, 6.07) is 17.4. The van der Waals surface area contributed by atoms with Crippen LogP contribution in [0.25, 0.3) is 11.0 Å². The topological polar surface area (TPSA) is 56.2 Å². The first kappa shape index (κ1) is 17.7. The van der Waals surface area contributed by atoms with Crippen LogP contribution in [0.5, 0.6) is 5.75 Å². The van der Waals surface area contributed by atoms with Crippen molar-refractivity contribution in [1.29, 1.82) is 0 Å². The van der Waals surface area contributed by atoms with Crippen LogP contribution in [0.15, 0.2) is 66.7 Å². The minimum atomic E-state index is -0.233. The molecule has 0 radical (unpaired) electrons. The largest absolute Gasteiger partial charge is 0.492 e. The van der Waals surface area contributed by atoms with Gasteiger partial charge in [-0.15, -0.1) is 0 Å². The first-order valence-corrected chi connectivity index (χ1v) is 8.65. The maximum absolute atomic E-state index is 12.0. The van der Waals surface area contributed by atoms with Crippen molar-refractivity contribution in [2.24, 2.45) is 0 Å². The van der Waals surface area contributed by atoms with Gasteiger partial charge in [0.1, 0.15) is 18.2 Å². The van der Waals surface area contributed by atoms with Crippen LogP contribution in [-0.4, -0.2) is 22.1 Å². The number of ether oxygens (including phenoxy) is 1. The van der Waals surface area contributed by atoms with Crippen molar-refractivity contribution >= 4 is 16.9 Å². The molecule has 0 fully saturated rings. The van der Waals surface area contributed by atoms with E-state index in [4.69, 9.17) is 9.72 Å². The molecule has 0 aliphatic rings. The smallest absolute Gasteiger partial charge is 0.246 e. The maximum atomic E-state index is 12.0. The molecule has 1 unspecified atom stereocenters. The third kappa shape index (κ3) is 3.94. The molecule has 5 nitrogen and oxygen atoms in total. The van der Waals surface area contributed by atoms with E-state index < -0.39 is 0 Å². The van der Waals surface area contributed by atoms with Crippen LogP contribution in [0.1, 0.15) is 25.7 Å². The number of nitrogens with zero attached hydrogens (tertiary/aromatic N) is 2. The number of amides is 1. The summed E-state index contributed by atoms with van der Waals surface area (Å²) in [5.74, 6) is 1.47. The van der Waals surface area contributed by atoms with E-state index in [-0.39, 0.29) is 11.9 Å². The van der Waals surface area contributed by atoms with E-state index in [9.17, 15) is 4.79 Å². The summed E-state index contributed by atoms with van der Waals surface area (Å²) in [7, 11) is 0. The number of para-hydroxylation sites is 3. The molecule has 0 saturated carbocycles. The summed E-state index contributed by atoms with van der Waals surface area (Å²) in [4.78, 5) is 16.7. The standard InChI is InChI=1S/C21H23N3O2/c1-15(2)21(25)22-16(3)20-23-18-11-7-8-12-19(18)24(20)13-14-26-17-9-5-4-6-10-17/h4-12,16H,1,13-14H2,2-3H3,(H,22,25). The van der Waals surface area contributed by atoms with Gasteiger partial charge in [-0.25, -0.2) is 4.98 Å². The minimum absolute atomic E-state index is 0.170. The van der Waals surface area contributed by atoms with Gasteiger partial charge in [0.15, 0.2) is 0 Å². The molecule has 0 spiro atoms. The molecule has 1 atom stereocenters. The summed E-state index contributed by atoms with van der Waals surface area (Å²) in [6.45, 7) is 8.46. The zero-order valence-electron chi connectivity index (χ0n) is 15.1. The number of hydrogen-bond donors (Lipinski definition) is 1. The van der Waals surface area contributed by atoms with Gasteiger partial charge in [-0.3, -0.25) is 4.79 Å². The van der Waals surface area contributed by atoms with Crippen molar-refractivity contribution in [3.63, 3.8) is 0 Å². The van der Waals surface area contributed by atoms with Crippen molar-refractivity contribution in [2.45, 2.75) is 26.4 Å². The molecule has 0 aliphatic heterocycles. The van der Waals surface area contributed by atoms with Gasteiger partial charge in [0.2, 0.25) is 5.91 Å². The first-order valence-electron chi connectivity index (χ1n) is 8.65. The fourth-order valence-corrected chi connectivity index (χ4v) is 2.82. The average Bonchev–Trinajstić information content (AvgIpc) is 3.01. The van der Waals surface area contributed by atoms with Crippen LogP contribution in [0.2, 0.25) is 0 Å². The van der Waals surface area contributed by atoms with Crippen LogP contribution in [0, 0.1) is 0 Å². The van der Waals surface area contributed by atoms with E-state index in [1.165, 1.54) is 0 Å². The zero-order valence-corrected chi connectivity index (χ0v) is 15.1. The number of imidazole rings is 1. The first-order chi connectivity index (χ1) is 12.6. The predicted molar refractivity (Wildman–Crippen MR) is 103 cm³/mol. The lowest BCUT2D eigenvalue weighted by Crippen LogP contribution is -2.29. The van der Waals surface area contributed by atoms with Crippen molar-refractivity contribution in [2.75, 3.05) is 6.61 Å². The maximum Gasteiger partial charge on any atom is 0.246 e. The fourth-order valence-electron chi connectivity index (χ4n) is 2.82. The number of rotatable bonds is 7. The summed E-state index contributed by atoms with van der Waals surface area (Å²) in [6.07, 6.45) is 0. The minimum Gasteiger partial charge on any atom is -0.492 e. The number of carbonyl (C=O) groups is 1. The molecule has 5 heteroatoms. The lowest BCUT2D eigenvalue weighted by Gasteiger charge is -2.16. The number of aromatic nitrogens is 2. The molecule has 3 rings (SSSR count). The SMILES string of the molecule is C=C(C)C(=O)NC(C)c1nc2ccccc2n1CCOc1ccccc1. The molecule has 2 aromatic carbocycles. The Morgan fingerprint density at radius 3 is 2.62 bits per heavy atom. The summed E-state index contributed by atoms with van der Waals surface area (Å²) >= 11 is 0. The number of fused-ring (bicyclic) bond motifs is 1. The molecule has 0 bridgehead atoms. The summed E-state index contributed by atoms with van der Waals surface area (Å²) in [5, 5.41) is 2.94. The summed E-state index contributed by atoms with van der Waals surface area (Å²) < 4.78 is 7.93. The molecule has 1 aromatic heterocycles. The van der Waals surface area contributed by atoms with E-state index in [1.54, 1.807) is 6.92 Å². The predicted octanol–water partition coefficient (Wildman–Crippen LogP) is 3.87. The van der Waals surface area contributed by atoms with Crippen LogP contribution in [-0.2, 0) is 11.3 Å². The molecule has 1 heterocycles. The Kier molecular flexibility index (Phi) is 5.37. The van der Waals surface area contributed by atoms with Crippen molar-refractivity contribution in [1.82, 2.24) is 14.9 Å². The Bertz CT molecular complexity index is 915. The Morgan fingerprint density at radius 1 is 1.19 bits per heavy atom. The fraction of sp³-hybridized carbons (Fsp3) is 0.238. The highest BCUT2D eigenvalue weighted by Gasteiger charge is 2.18. The molecular weight excluding hydrogens is 326 g/mol. The molecular formula is C21H23N3O2. The Balaban J connectivity index is 1.82. The van der Waals surface area contributed by atoms with Crippen LogP contribution < -0.4 is 10.1 Å². The number of carbonyl (C=O) groups excluding carboxylic acids is 1. The van der Waals surface area contributed by atoms with Gasteiger partial charge in [0, 0.05) is 5.57 Å². The Hall–Kier alpha value is -3.08. The average molecular weight is 349 g/mol. The van der Waals surface area contributed by atoms with Crippen molar-refractivity contribution in [3.8, 4) is 5.75 Å². The number of benzene rings is 2. The number of nitrogens with one attached hydrogen (secondary N) is 1. The normalized spacial score (nSPS) is 11.9. The van der Waals surface area contributed by atoms with Gasteiger partial charge in [-0.1, -0.05) is 36.9 Å². The van der Waals surface area contributed by atoms with Crippen LogP contribution >= 0.6 is 0 Å². The highest BCUT2D eigenvalue weighted by Crippen LogP contribution is 2.21. The van der Waals surface area contributed by atoms with Gasteiger partial charge in [-0.05, 0) is 38.1 Å². The molecule has 26 heavy (non-hydrogen) atoms. The van der Waals surface area contributed by atoms with E-state index in [0.717, 1.165) is 22.6 Å². The van der Waals surface area contributed by atoms with Gasteiger partial charge in [0.05, 0.1) is 23.6 Å². The molecule has 0 aliphatic carbocycles. The van der Waals surface area contributed by atoms with E-state index in [0.29, 0.717) is 18.7 Å². The molecule has 0 saturated heterocycles. The highest BCUT2D eigenvalue weighted by atomic mass is 16.5. The molecule has 134 valence electrons. The third-order valence-corrected chi connectivity index (χ3v) is 4.13. The van der Waals surface area contributed by atoms with E-state index in [2.05, 4.69) is 16.5 Å². The van der Waals surface area contributed by atoms with Gasteiger partial charge in [-0.2, -0.15) is 0 Å². The number of hydrogen-bond acceptors (Lipinski definition) is 3. The summed E-state index contributed by atoms with van der Waals surface area (Å²) in [5.41, 5.74) is 2.40. The zero-order chi connectivity index (χ0) is 18.5. The molecule has 1 amide bonds. The Morgan fingerprint density at radius 2 is 1.88 bits per heavy atom. The van der Waals surface area contributed by atoms with E-state index in [1.807, 2.05) is 61.5 Å². The highest BCUT2D eigenvalue weighted by molar-refractivity contribution is 5.92. The molecule has 3 aromatic rings. The van der Waals surface area contributed by atoms with Crippen molar-refractivity contribution in [3.05, 3.63) is 72.6 Å². The Labute approximate surface area is 153 Å². The second-order valence-electron chi connectivity index (χ2n) is 6.25. The van der Waals surface area contributed by atoms with Gasteiger partial charge < -0.3 is 14.6 Å². The van der Waals surface area contributed by atoms with Crippen LogP contribution in [0.4, 0.5) is 0 Å². The van der Waals surface area contributed by atoms with Crippen LogP contribution in [0.3, 0.4) is 0 Å². The second kappa shape index (κ2) is 7.87. The van der Waals surface area contributed by atoms with E-state index >= 15 is 0 Å². The van der Waals surface area contributed by atoms with Gasteiger partial charge >= 0.3 is 0 Å². The molecule has 1 N–H and O–H groups in total. The van der Waals surface area contributed by atoms with Gasteiger partial charge in [0.25, 0.3) is 0 Å². The van der Waals surface area contributed by atoms with Crippen molar-refractivity contribution < 1.29 is 9.53 Å².